The molecule has 0 spiro atoms. The van der Waals surface area contributed by atoms with Crippen molar-refractivity contribution in [3.63, 3.8) is 0 Å². The third kappa shape index (κ3) is 5.27. The number of carbonyl (C=O) groups is 2. The summed E-state index contributed by atoms with van der Waals surface area (Å²) in [7, 11) is 0. The number of benzene rings is 1. The van der Waals surface area contributed by atoms with E-state index in [1.165, 1.54) is 12.4 Å². The Morgan fingerprint density at radius 1 is 1.06 bits per heavy atom. The molecule has 1 aromatic carbocycles. The second kappa shape index (κ2) is 10.5. The number of amides is 1. The molecule has 0 radical (unpaired) electrons. The number of halogens is 3. The van der Waals surface area contributed by atoms with Gasteiger partial charge in [0.2, 0.25) is 5.91 Å². The standard InChI is InChI=1S/C25H22F3N3O5/c26-14-2-1-3-15(27)23(14)24-16(28)4-5-17(31-24)18(32)8-12-11-30-7-6-13(12)20-9-19(33)25(35)21(36-20)10-22(29)34/h1-7,11,19-21,25,33,35H,8-10H2,(H2,29,34)/t19-,20-,21-,25+/m1/s1. The van der Waals surface area contributed by atoms with Crippen LogP contribution in [0, 0.1) is 17.5 Å². The lowest BCUT2D eigenvalue weighted by atomic mass is 9.90. The van der Waals surface area contributed by atoms with Gasteiger partial charge >= 0.3 is 0 Å². The van der Waals surface area contributed by atoms with Gasteiger partial charge in [-0.25, -0.2) is 18.2 Å². The van der Waals surface area contributed by atoms with E-state index < -0.39 is 64.8 Å². The lowest BCUT2D eigenvalue weighted by molar-refractivity contribution is -0.174. The first-order chi connectivity index (χ1) is 17.2. The van der Waals surface area contributed by atoms with Gasteiger partial charge in [0.1, 0.15) is 34.9 Å². The lowest BCUT2D eigenvalue weighted by Gasteiger charge is -2.37. The summed E-state index contributed by atoms with van der Waals surface area (Å²) in [6, 6.07) is 6.62. The Hall–Kier alpha value is -3.67. The Labute approximate surface area is 203 Å². The highest BCUT2D eigenvalue weighted by Crippen LogP contribution is 2.35. The van der Waals surface area contributed by atoms with Gasteiger partial charge in [-0.05, 0) is 41.5 Å². The summed E-state index contributed by atoms with van der Waals surface area (Å²) < 4.78 is 48.6. The zero-order valence-electron chi connectivity index (χ0n) is 18.8. The van der Waals surface area contributed by atoms with Gasteiger partial charge in [0.05, 0.1) is 30.3 Å². The van der Waals surface area contributed by atoms with Crippen molar-refractivity contribution in [2.45, 2.75) is 43.7 Å². The second-order valence-electron chi connectivity index (χ2n) is 8.43. The predicted molar refractivity (Wildman–Crippen MR) is 120 cm³/mol. The van der Waals surface area contributed by atoms with Crippen molar-refractivity contribution in [3.05, 3.63) is 83.1 Å². The van der Waals surface area contributed by atoms with Crippen LogP contribution in [0.3, 0.4) is 0 Å². The maximum Gasteiger partial charge on any atom is 0.220 e. The number of aliphatic hydroxyl groups is 2. The molecule has 4 atom stereocenters. The number of ketones is 1. The van der Waals surface area contributed by atoms with Crippen molar-refractivity contribution in [2.24, 2.45) is 5.73 Å². The molecule has 3 aromatic rings. The van der Waals surface area contributed by atoms with Crippen LogP contribution in [0.1, 0.15) is 40.6 Å². The number of aromatic nitrogens is 2. The van der Waals surface area contributed by atoms with Gasteiger partial charge in [0.15, 0.2) is 5.78 Å². The summed E-state index contributed by atoms with van der Waals surface area (Å²) in [5, 5.41) is 20.4. The van der Waals surface area contributed by atoms with Crippen molar-refractivity contribution in [3.8, 4) is 11.3 Å². The zero-order chi connectivity index (χ0) is 26.0. The van der Waals surface area contributed by atoms with Crippen molar-refractivity contribution >= 4 is 11.7 Å². The molecule has 1 saturated heterocycles. The number of aliphatic hydroxyl groups excluding tert-OH is 2. The smallest absolute Gasteiger partial charge is 0.220 e. The Bertz CT molecular complexity index is 1290. The third-order valence-corrected chi connectivity index (χ3v) is 5.94. The third-order valence-electron chi connectivity index (χ3n) is 5.94. The van der Waals surface area contributed by atoms with Crippen LogP contribution in [0.25, 0.3) is 11.3 Å². The van der Waals surface area contributed by atoms with Crippen molar-refractivity contribution < 1.29 is 37.7 Å². The van der Waals surface area contributed by atoms with Gasteiger partial charge in [0.25, 0.3) is 0 Å². The monoisotopic (exact) mass is 501 g/mol. The zero-order valence-corrected chi connectivity index (χ0v) is 18.8. The van der Waals surface area contributed by atoms with Crippen LogP contribution in [0.2, 0.25) is 0 Å². The number of rotatable bonds is 7. The first kappa shape index (κ1) is 25.4. The number of primary amides is 1. The molecule has 1 aliphatic heterocycles. The highest BCUT2D eigenvalue weighted by Gasteiger charge is 2.38. The summed E-state index contributed by atoms with van der Waals surface area (Å²) in [5.74, 6) is -4.36. The fourth-order valence-electron chi connectivity index (χ4n) is 4.18. The van der Waals surface area contributed by atoms with Gasteiger partial charge < -0.3 is 20.7 Å². The minimum Gasteiger partial charge on any atom is -0.390 e. The fourth-order valence-corrected chi connectivity index (χ4v) is 4.18. The molecule has 188 valence electrons. The largest absolute Gasteiger partial charge is 0.390 e. The van der Waals surface area contributed by atoms with E-state index in [1.54, 1.807) is 6.07 Å². The minimum atomic E-state index is -1.32. The topological polar surface area (TPSA) is 136 Å². The first-order valence-corrected chi connectivity index (χ1v) is 11.0. The van der Waals surface area contributed by atoms with E-state index in [-0.39, 0.29) is 25.0 Å². The molecule has 1 amide bonds. The molecule has 11 heteroatoms. The normalized spacial score (nSPS) is 21.8. The van der Waals surface area contributed by atoms with E-state index in [4.69, 9.17) is 10.5 Å². The molecule has 0 bridgehead atoms. The maximum atomic E-state index is 14.4. The number of nitrogens with zero attached hydrogens (tertiary/aromatic N) is 2. The van der Waals surface area contributed by atoms with Crippen LogP contribution < -0.4 is 5.73 Å². The number of pyridine rings is 2. The molecule has 4 N–H and O–H groups in total. The van der Waals surface area contributed by atoms with E-state index in [9.17, 15) is 33.0 Å². The Morgan fingerprint density at radius 3 is 2.47 bits per heavy atom. The summed E-state index contributed by atoms with van der Waals surface area (Å²) >= 11 is 0. The number of hydrogen-bond donors (Lipinski definition) is 3. The van der Waals surface area contributed by atoms with Crippen LogP contribution in [-0.2, 0) is 16.0 Å². The summed E-state index contributed by atoms with van der Waals surface area (Å²) in [6.45, 7) is 0. The number of hydrogen-bond acceptors (Lipinski definition) is 7. The van der Waals surface area contributed by atoms with Crippen LogP contribution in [-0.4, -0.2) is 50.2 Å². The molecular weight excluding hydrogens is 479 g/mol. The number of ether oxygens (including phenoxy) is 1. The highest BCUT2D eigenvalue weighted by atomic mass is 19.1. The van der Waals surface area contributed by atoms with Gasteiger partial charge in [-0.2, -0.15) is 0 Å². The Balaban J connectivity index is 1.62. The lowest BCUT2D eigenvalue weighted by Crippen LogP contribution is -2.47. The fraction of sp³-hybridized carbons (Fsp3) is 0.280. The molecule has 0 aliphatic carbocycles. The molecule has 1 aliphatic rings. The van der Waals surface area contributed by atoms with Crippen molar-refractivity contribution in [1.82, 2.24) is 9.97 Å². The molecule has 3 heterocycles. The first-order valence-electron chi connectivity index (χ1n) is 11.0. The molecule has 2 aromatic heterocycles. The molecule has 8 nitrogen and oxygen atoms in total. The van der Waals surface area contributed by atoms with Gasteiger partial charge in [-0.3, -0.25) is 14.6 Å². The van der Waals surface area contributed by atoms with Gasteiger partial charge in [0, 0.05) is 25.2 Å². The second-order valence-corrected chi connectivity index (χ2v) is 8.43. The maximum absolute atomic E-state index is 14.4. The van der Waals surface area contributed by atoms with Crippen LogP contribution >= 0.6 is 0 Å². The van der Waals surface area contributed by atoms with E-state index in [2.05, 4.69) is 9.97 Å². The van der Waals surface area contributed by atoms with Gasteiger partial charge in [-0.15, -0.1) is 0 Å². The predicted octanol–water partition coefficient (Wildman–Crippen LogP) is 2.41. The summed E-state index contributed by atoms with van der Waals surface area (Å²) in [4.78, 5) is 32.3. The summed E-state index contributed by atoms with van der Waals surface area (Å²) in [6.07, 6.45) is -2.13. The molecule has 0 unspecified atom stereocenters. The number of nitrogens with two attached hydrogens (primary N) is 1. The van der Waals surface area contributed by atoms with E-state index in [0.717, 1.165) is 30.3 Å². The van der Waals surface area contributed by atoms with E-state index >= 15 is 0 Å². The van der Waals surface area contributed by atoms with Crippen LogP contribution in [0.4, 0.5) is 13.2 Å². The van der Waals surface area contributed by atoms with E-state index in [1.807, 2.05) is 0 Å². The SMILES string of the molecule is NC(=O)C[C@H]1O[C@@H](c2ccncc2CC(=O)c2ccc(F)c(-c3c(F)cccc3F)n2)C[C@@H](O)[C@@H]1O. The molecule has 4 rings (SSSR count). The summed E-state index contributed by atoms with van der Waals surface area (Å²) in [5.41, 5.74) is 4.53. The van der Waals surface area contributed by atoms with Crippen molar-refractivity contribution in [1.29, 1.82) is 0 Å². The average molecular weight is 501 g/mol. The number of Topliss-reactive ketones (excluding diaryl/α,β-unsaturated/α-hetero) is 1. The highest BCUT2D eigenvalue weighted by molar-refractivity contribution is 5.96. The Kier molecular flexibility index (Phi) is 7.43. The molecule has 0 saturated carbocycles. The Morgan fingerprint density at radius 2 is 1.78 bits per heavy atom. The number of carbonyl (C=O) groups excluding carboxylic acids is 2. The van der Waals surface area contributed by atoms with Crippen LogP contribution in [0.5, 0.6) is 0 Å². The quantitative estimate of drug-likeness (QED) is 0.423. The van der Waals surface area contributed by atoms with Crippen molar-refractivity contribution in [2.75, 3.05) is 0 Å². The molecular formula is C25H22F3N3O5. The average Bonchev–Trinajstić information content (AvgIpc) is 2.83. The van der Waals surface area contributed by atoms with Gasteiger partial charge in [-0.1, -0.05) is 6.07 Å². The minimum absolute atomic E-state index is 0.0207. The molecule has 36 heavy (non-hydrogen) atoms. The van der Waals surface area contributed by atoms with E-state index in [0.29, 0.717) is 11.1 Å². The van der Waals surface area contributed by atoms with Crippen LogP contribution in [0.15, 0.2) is 48.8 Å². The molecule has 1 fully saturated rings.